The first-order valence-electron chi connectivity index (χ1n) is 8.36. The highest BCUT2D eigenvalue weighted by molar-refractivity contribution is 6.06. The molecule has 0 aliphatic carbocycles. The van der Waals surface area contributed by atoms with Crippen LogP contribution in [0.5, 0.6) is 0 Å². The van der Waals surface area contributed by atoms with E-state index in [0.29, 0.717) is 16.8 Å². The Balaban J connectivity index is 1.51. The molecule has 4 rings (SSSR count). The zero-order valence-corrected chi connectivity index (χ0v) is 13.6. The van der Waals surface area contributed by atoms with Crippen LogP contribution in [0.15, 0.2) is 42.5 Å². The fourth-order valence-electron chi connectivity index (χ4n) is 3.50. The summed E-state index contributed by atoms with van der Waals surface area (Å²) in [6, 6.07) is 11.4. The lowest BCUT2D eigenvalue weighted by molar-refractivity contribution is -0.117. The van der Waals surface area contributed by atoms with Crippen molar-refractivity contribution >= 4 is 23.2 Å². The molecule has 2 N–H and O–H groups in total. The van der Waals surface area contributed by atoms with Crippen LogP contribution in [-0.4, -0.2) is 24.4 Å². The minimum absolute atomic E-state index is 0.0117. The standard InChI is InChI=1S/C19H18FN3O2/c20-14-4-1-3-12(9-14)11-21-18(24)13-6-7-16-15(10-13)22-19(25)17-5-2-8-23(16)17/h1,3-4,6-7,9-10,17H,2,5,8,11H2,(H,21,24)(H,22,25)/t17-/m1/s1. The number of nitrogens with one attached hydrogen (secondary N) is 2. The maximum Gasteiger partial charge on any atom is 0.251 e. The third kappa shape index (κ3) is 2.95. The van der Waals surface area contributed by atoms with Gasteiger partial charge in [0.2, 0.25) is 5.91 Å². The Labute approximate surface area is 144 Å². The van der Waals surface area contributed by atoms with E-state index >= 15 is 0 Å². The third-order valence-electron chi connectivity index (χ3n) is 4.72. The monoisotopic (exact) mass is 339 g/mol. The minimum atomic E-state index is -0.330. The van der Waals surface area contributed by atoms with E-state index in [9.17, 15) is 14.0 Å². The number of rotatable bonds is 3. The number of fused-ring (bicyclic) bond motifs is 3. The lowest BCUT2D eigenvalue weighted by Gasteiger charge is -2.33. The quantitative estimate of drug-likeness (QED) is 0.904. The van der Waals surface area contributed by atoms with Gasteiger partial charge in [0.1, 0.15) is 11.9 Å². The molecular formula is C19H18FN3O2. The highest BCUT2D eigenvalue weighted by Crippen LogP contribution is 2.37. The molecule has 1 saturated heterocycles. The Kier molecular flexibility index (Phi) is 3.87. The van der Waals surface area contributed by atoms with Gasteiger partial charge in [-0.2, -0.15) is 0 Å². The molecule has 2 amide bonds. The lowest BCUT2D eigenvalue weighted by atomic mass is 10.1. The predicted molar refractivity (Wildman–Crippen MR) is 93.0 cm³/mol. The van der Waals surface area contributed by atoms with Crippen molar-refractivity contribution in [1.82, 2.24) is 5.32 Å². The molecule has 0 spiro atoms. The van der Waals surface area contributed by atoms with Crippen LogP contribution in [0.2, 0.25) is 0 Å². The van der Waals surface area contributed by atoms with Gasteiger partial charge in [0, 0.05) is 18.7 Å². The van der Waals surface area contributed by atoms with Gasteiger partial charge in [-0.05, 0) is 48.7 Å². The van der Waals surface area contributed by atoms with E-state index in [1.54, 1.807) is 24.3 Å². The number of hydrogen-bond donors (Lipinski definition) is 2. The Morgan fingerprint density at radius 3 is 3.00 bits per heavy atom. The van der Waals surface area contributed by atoms with E-state index in [0.717, 1.165) is 25.1 Å². The molecule has 0 unspecified atom stereocenters. The van der Waals surface area contributed by atoms with Crippen LogP contribution in [0.1, 0.15) is 28.8 Å². The maximum atomic E-state index is 13.2. The maximum absolute atomic E-state index is 13.2. The molecule has 0 bridgehead atoms. The predicted octanol–water partition coefficient (Wildman–Crippen LogP) is 2.68. The zero-order valence-electron chi connectivity index (χ0n) is 13.6. The molecule has 128 valence electrons. The van der Waals surface area contributed by atoms with Crippen LogP contribution in [0.4, 0.5) is 15.8 Å². The summed E-state index contributed by atoms with van der Waals surface area (Å²) < 4.78 is 13.2. The van der Waals surface area contributed by atoms with Gasteiger partial charge in [-0.1, -0.05) is 12.1 Å². The first kappa shape index (κ1) is 15.6. The van der Waals surface area contributed by atoms with Gasteiger partial charge in [-0.15, -0.1) is 0 Å². The number of nitrogens with zero attached hydrogens (tertiary/aromatic N) is 1. The minimum Gasteiger partial charge on any atom is -0.358 e. The van der Waals surface area contributed by atoms with Crippen LogP contribution in [0, 0.1) is 5.82 Å². The van der Waals surface area contributed by atoms with Crippen LogP contribution in [-0.2, 0) is 11.3 Å². The van der Waals surface area contributed by atoms with Gasteiger partial charge in [0.15, 0.2) is 0 Å². The van der Waals surface area contributed by atoms with Crippen molar-refractivity contribution in [3.63, 3.8) is 0 Å². The SMILES string of the molecule is O=C(NCc1cccc(F)c1)c1ccc2c(c1)NC(=O)[C@H]1CCCN21. The summed E-state index contributed by atoms with van der Waals surface area (Å²) >= 11 is 0. The summed E-state index contributed by atoms with van der Waals surface area (Å²) in [4.78, 5) is 26.6. The largest absolute Gasteiger partial charge is 0.358 e. The van der Waals surface area contributed by atoms with Gasteiger partial charge in [-0.25, -0.2) is 4.39 Å². The average molecular weight is 339 g/mol. The number of amides is 2. The first-order chi connectivity index (χ1) is 12.1. The molecule has 25 heavy (non-hydrogen) atoms. The number of anilines is 2. The van der Waals surface area contributed by atoms with E-state index in [-0.39, 0.29) is 30.2 Å². The van der Waals surface area contributed by atoms with Crippen molar-refractivity contribution in [2.45, 2.75) is 25.4 Å². The van der Waals surface area contributed by atoms with Crippen LogP contribution in [0.3, 0.4) is 0 Å². The topological polar surface area (TPSA) is 61.4 Å². The molecule has 2 aliphatic rings. The molecule has 1 fully saturated rings. The van der Waals surface area contributed by atoms with E-state index in [2.05, 4.69) is 15.5 Å². The number of benzene rings is 2. The normalized spacial score (nSPS) is 18.4. The van der Waals surface area contributed by atoms with Crippen molar-refractivity contribution in [2.24, 2.45) is 0 Å². The van der Waals surface area contributed by atoms with Gasteiger partial charge in [-0.3, -0.25) is 9.59 Å². The van der Waals surface area contributed by atoms with Crippen LogP contribution < -0.4 is 15.5 Å². The van der Waals surface area contributed by atoms with Gasteiger partial charge >= 0.3 is 0 Å². The first-order valence-corrected chi connectivity index (χ1v) is 8.36. The van der Waals surface area contributed by atoms with E-state index in [1.807, 2.05) is 6.07 Å². The molecule has 5 nitrogen and oxygen atoms in total. The second-order valence-corrected chi connectivity index (χ2v) is 6.39. The Bertz CT molecular complexity index is 852. The highest BCUT2D eigenvalue weighted by atomic mass is 19.1. The van der Waals surface area contributed by atoms with E-state index in [4.69, 9.17) is 0 Å². The summed E-state index contributed by atoms with van der Waals surface area (Å²) in [5, 5.41) is 5.67. The Morgan fingerprint density at radius 2 is 2.16 bits per heavy atom. The fraction of sp³-hybridized carbons (Fsp3) is 0.263. The number of halogens is 1. The molecule has 2 heterocycles. The van der Waals surface area contributed by atoms with Crippen molar-refractivity contribution in [1.29, 1.82) is 0 Å². The molecule has 6 heteroatoms. The molecule has 1 atom stereocenters. The number of carbonyl (C=O) groups excluding carboxylic acids is 2. The average Bonchev–Trinajstić information content (AvgIpc) is 3.10. The van der Waals surface area contributed by atoms with Crippen molar-refractivity contribution in [3.05, 3.63) is 59.4 Å². The molecule has 0 saturated carbocycles. The molecule has 2 aromatic carbocycles. The molecule has 0 aromatic heterocycles. The van der Waals surface area contributed by atoms with Gasteiger partial charge in [0.05, 0.1) is 11.4 Å². The second kappa shape index (κ2) is 6.20. The summed E-state index contributed by atoms with van der Waals surface area (Å²) in [6.45, 7) is 1.10. The second-order valence-electron chi connectivity index (χ2n) is 6.39. The van der Waals surface area contributed by atoms with E-state index < -0.39 is 0 Å². The summed E-state index contributed by atoms with van der Waals surface area (Å²) in [5.41, 5.74) is 2.79. The molecule has 2 aromatic rings. The summed E-state index contributed by atoms with van der Waals surface area (Å²) in [6.07, 6.45) is 1.86. The van der Waals surface area contributed by atoms with Crippen molar-refractivity contribution in [2.75, 3.05) is 16.8 Å². The molecule has 2 aliphatic heterocycles. The number of hydrogen-bond acceptors (Lipinski definition) is 3. The highest BCUT2D eigenvalue weighted by Gasteiger charge is 2.36. The Hall–Kier alpha value is -2.89. The molecule has 0 radical (unpaired) electrons. The van der Waals surface area contributed by atoms with Crippen molar-refractivity contribution < 1.29 is 14.0 Å². The smallest absolute Gasteiger partial charge is 0.251 e. The van der Waals surface area contributed by atoms with Crippen LogP contribution in [0.25, 0.3) is 0 Å². The molecular weight excluding hydrogens is 321 g/mol. The van der Waals surface area contributed by atoms with Crippen molar-refractivity contribution in [3.8, 4) is 0 Å². The lowest BCUT2D eigenvalue weighted by Crippen LogP contribution is -2.44. The van der Waals surface area contributed by atoms with E-state index in [1.165, 1.54) is 12.1 Å². The number of carbonyl (C=O) groups is 2. The summed E-state index contributed by atoms with van der Waals surface area (Å²) in [7, 11) is 0. The zero-order chi connectivity index (χ0) is 17.4. The van der Waals surface area contributed by atoms with Gasteiger partial charge < -0.3 is 15.5 Å². The van der Waals surface area contributed by atoms with Gasteiger partial charge in [0.25, 0.3) is 5.91 Å². The third-order valence-corrected chi connectivity index (χ3v) is 4.72. The fourth-order valence-corrected chi connectivity index (χ4v) is 3.50. The Morgan fingerprint density at radius 1 is 1.28 bits per heavy atom. The summed E-state index contributed by atoms with van der Waals surface area (Å²) in [5.74, 6) is -0.601. The van der Waals surface area contributed by atoms with Crippen LogP contribution >= 0.6 is 0 Å².